The summed E-state index contributed by atoms with van der Waals surface area (Å²) in [6.07, 6.45) is 1.17. The van der Waals surface area contributed by atoms with Crippen LogP contribution < -0.4 is 11.5 Å². The number of guanidine groups is 1. The Kier molecular flexibility index (Phi) is 4.05. The molecule has 0 spiro atoms. The van der Waals surface area contributed by atoms with Crippen LogP contribution in [0.5, 0.6) is 0 Å². The predicted molar refractivity (Wildman–Crippen MR) is 62.5 cm³/mol. The zero-order chi connectivity index (χ0) is 11.4. The van der Waals surface area contributed by atoms with Crippen molar-refractivity contribution in [1.29, 1.82) is 0 Å². The summed E-state index contributed by atoms with van der Waals surface area (Å²) in [6, 6.07) is 3.10. The van der Waals surface area contributed by atoms with Crippen molar-refractivity contribution in [2.75, 3.05) is 0 Å². The first-order valence-corrected chi connectivity index (χ1v) is 4.95. The van der Waals surface area contributed by atoms with E-state index in [2.05, 4.69) is 26.1 Å². The van der Waals surface area contributed by atoms with Gasteiger partial charge in [-0.3, -0.25) is 0 Å². The molecule has 80 valence electrons. The monoisotopic (exact) mass is 292 g/mol. The maximum Gasteiger partial charge on any atom is 0.211 e. The highest BCUT2D eigenvalue weighted by atomic mass is 79.9. The van der Waals surface area contributed by atoms with E-state index in [-0.39, 0.29) is 16.5 Å². The normalized spacial score (nSPS) is 10.6. The number of benzene rings is 1. The van der Waals surface area contributed by atoms with Crippen molar-refractivity contribution in [3.05, 3.63) is 33.0 Å². The lowest BCUT2D eigenvalue weighted by Crippen LogP contribution is -2.21. The van der Waals surface area contributed by atoms with Gasteiger partial charge in [0, 0.05) is 10.0 Å². The molecular weight excluding hydrogens is 286 g/mol. The Hall–Kier alpha value is -1.14. The largest absolute Gasteiger partial charge is 0.369 e. The van der Waals surface area contributed by atoms with Crippen LogP contribution in [0.3, 0.4) is 0 Å². The minimum Gasteiger partial charge on any atom is -0.369 e. The number of nitrogens with two attached hydrogens (primary N) is 2. The summed E-state index contributed by atoms with van der Waals surface area (Å²) in [5, 5.41) is 6.79. The van der Waals surface area contributed by atoms with Gasteiger partial charge in [0.2, 0.25) is 5.96 Å². The quantitative estimate of drug-likeness (QED) is 0.378. The van der Waals surface area contributed by atoms with Gasteiger partial charge < -0.3 is 11.5 Å². The highest BCUT2D eigenvalue weighted by Crippen LogP contribution is 2.26. The van der Waals surface area contributed by atoms with Gasteiger partial charge in [0.1, 0.15) is 0 Å². The Morgan fingerprint density at radius 1 is 1.47 bits per heavy atom. The molecule has 4 nitrogen and oxygen atoms in total. The molecule has 0 aromatic heterocycles. The Balaban J connectivity index is 3.02. The van der Waals surface area contributed by atoms with E-state index in [1.54, 1.807) is 6.07 Å². The highest BCUT2D eigenvalue weighted by molar-refractivity contribution is 9.10. The Labute approximate surface area is 98.9 Å². The maximum atomic E-state index is 13.4. The second kappa shape index (κ2) is 5.09. The fourth-order valence-electron chi connectivity index (χ4n) is 0.798. The third-order valence-electron chi connectivity index (χ3n) is 1.44. The molecule has 4 N–H and O–H groups in total. The van der Waals surface area contributed by atoms with Crippen LogP contribution in [0.25, 0.3) is 0 Å². The van der Waals surface area contributed by atoms with E-state index in [4.69, 9.17) is 23.1 Å². The molecule has 0 atom stereocenters. The van der Waals surface area contributed by atoms with Crippen LogP contribution in [0.2, 0.25) is 5.02 Å². The lowest BCUT2D eigenvalue weighted by Gasteiger charge is -2.00. The van der Waals surface area contributed by atoms with Gasteiger partial charge in [-0.1, -0.05) is 11.6 Å². The Morgan fingerprint density at radius 3 is 2.73 bits per heavy atom. The van der Waals surface area contributed by atoms with E-state index in [1.165, 1.54) is 12.3 Å². The van der Waals surface area contributed by atoms with Gasteiger partial charge in [0.05, 0.1) is 11.2 Å². The lowest BCUT2D eigenvalue weighted by molar-refractivity contribution is 0.625. The molecular formula is C8H7BrClFN4. The Morgan fingerprint density at radius 2 is 2.13 bits per heavy atom. The van der Waals surface area contributed by atoms with Gasteiger partial charge in [-0.15, -0.1) is 5.10 Å². The average Bonchev–Trinajstić information content (AvgIpc) is 2.18. The molecule has 0 unspecified atom stereocenters. The second-order valence-electron chi connectivity index (χ2n) is 2.53. The summed E-state index contributed by atoms with van der Waals surface area (Å²) in [5.41, 5.74) is 10.3. The van der Waals surface area contributed by atoms with E-state index >= 15 is 0 Å². The standard InChI is InChI=1S/C8H7BrClFN4/c9-5-2-1-4(7(11)6(5)10)3-14-15-8(12)13/h1-3H,(H4,12,13,15). The van der Waals surface area contributed by atoms with E-state index in [9.17, 15) is 4.39 Å². The van der Waals surface area contributed by atoms with Crippen LogP contribution >= 0.6 is 27.5 Å². The SMILES string of the molecule is NC(N)=NN=Cc1ccc(Br)c(Cl)c1F. The predicted octanol–water partition coefficient (Wildman–Crippen LogP) is 1.85. The average molecular weight is 294 g/mol. The fraction of sp³-hybridized carbons (Fsp3) is 0. The van der Waals surface area contributed by atoms with Crippen molar-refractivity contribution in [3.8, 4) is 0 Å². The van der Waals surface area contributed by atoms with Gasteiger partial charge in [0.15, 0.2) is 5.82 Å². The number of halogens is 3. The summed E-state index contributed by atoms with van der Waals surface area (Å²) in [5.74, 6) is -0.782. The third kappa shape index (κ3) is 3.17. The zero-order valence-electron chi connectivity index (χ0n) is 7.42. The number of hydrogen-bond acceptors (Lipinski definition) is 2. The molecule has 0 aliphatic carbocycles. The van der Waals surface area contributed by atoms with E-state index in [0.717, 1.165) is 0 Å². The fourth-order valence-corrected chi connectivity index (χ4v) is 1.28. The minimum absolute atomic E-state index is 0.0105. The highest BCUT2D eigenvalue weighted by Gasteiger charge is 2.07. The van der Waals surface area contributed by atoms with Crippen molar-refractivity contribution < 1.29 is 4.39 Å². The first-order valence-electron chi connectivity index (χ1n) is 3.78. The summed E-state index contributed by atoms with van der Waals surface area (Å²) >= 11 is 8.74. The summed E-state index contributed by atoms with van der Waals surface area (Å²) < 4.78 is 13.9. The molecule has 0 fully saturated rings. The molecule has 1 aromatic carbocycles. The maximum absolute atomic E-state index is 13.4. The topological polar surface area (TPSA) is 76.8 Å². The van der Waals surface area contributed by atoms with Crippen LogP contribution in [0, 0.1) is 5.82 Å². The van der Waals surface area contributed by atoms with Crippen LogP contribution in [0.4, 0.5) is 4.39 Å². The molecule has 0 saturated carbocycles. The molecule has 0 amide bonds. The third-order valence-corrected chi connectivity index (χ3v) is 2.69. The number of rotatable bonds is 2. The molecule has 1 rings (SSSR count). The molecule has 0 bridgehead atoms. The van der Waals surface area contributed by atoms with Crippen LogP contribution in [0.15, 0.2) is 26.8 Å². The van der Waals surface area contributed by atoms with Crippen molar-refractivity contribution in [2.24, 2.45) is 21.7 Å². The van der Waals surface area contributed by atoms with Crippen molar-refractivity contribution in [3.63, 3.8) is 0 Å². The van der Waals surface area contributed by atoms with Crippen LogP contribution in [-0.4, -0.2) is 12.2 Å². The molecule has 7 heteroatoms. The molecule has 1 aromatic rings. The van der Waals surface area contributed by atoms with Crippen LogP contribution in [-0.2, 0) is 0 Å². The molecule has 0 aliphatic rings. The molecule has 0 aliphatic heterocycles. The van der Waals surface area contributed by atoms with Crippen molar-refractivity contribution in [1.82, 2.24) is 0 Å². The van der Waals surface area contributed by atoms with E-state index in [0.29, 0.717) is 4.47 Å². The smallest absolute Gasteiger partial charge is 0.211 e. The number of hydrogen-bond donors (Lipinski definition) is 2. The van der Waals surface area contributed by atoms with Gasteiger partial charge in [-0.25, -0.2) is 4.39 Å². The number of nitrogens with zero attached hydrogens (tertiary/aromatic N) is 2. The van der Waals surface area contributed by atoms with E-state index < -0.39 is 5.82 Å². The summed E-state index contributed by atoms with van der Waals surface area (Å²) in [6.45, 7) is 0. The van der Waals surface area contributed by atoms with Gasteiger partial charge in [0.25, 0.3) is 0 Å². The first-order chi connectivity index (χ1) is 7.02. The van der Waals surface area contributed by atoms with Crippen molar-refractivity contribution >= 4 is 39.7 Å². The van der Waals surface area contributed by atoms with Crippen LogP contribution in [0.1, 0.15) is 5.56 Å². The Bertz CT molecular complexity index is 429. The zero-order valence-corrected chi connectivity index (χ0v) is 9.76. The van der Waals surface area contributed by atoms with Gasteiger partial charge in [-0.2, -0.15) is 5.10 Å². The summed E-state index contributed by atoms with van der Waals surface area (Å²) in [7, 11) is 0. The van der Waals surface area contributed by atoms with Gasteiger partial charge in [-0.05, 0) is 28.1 Å². The van der Waals surface area contributed by atoms with E-state index in [1.807, 2.05) is 0 Å². The lowest BCUT2D eigenvalue weighted by atomic mass is 10.2. The molecule has 0 heterocycles. The molecule has 0 saturated heterocycles. The first kappa shape index (κ1) is 11.9. The van der Waals surface area contributed by atoms with Crippen molar-refractivity contribution in [2.45, 2.75) is 0 Å². The molecule has 15 heavy (non-hydrogen) atoms. The minimum atomic E-state index is -0.583. The molecule has 0 radical (unpaired) electrons. The summed E-state index contributed by atoms with van der Waals surface area (Å²) in [4.78, 5) is 0. The van der Waals surface area contributed by atoms with Gasteiger partial charge >= 0.3 is 0 Å². The second-order valence-corrected chi connectivity index (χ2v) is 3.77.